The molecule has 0 saturated heterocycles. The topological polar surface area (TPSA) is 213 Å². The molecule has 0 aliphatic heterocycles. The average Bonchev–Trinajstić information content (AvgIpc) is 3.14. The number of aromatic nitrogens is 6. The van der Waals surface area contributed by atoms with Crippen LogP contribution >= 0.6 is 0 Å². The molecule has 0 aliphatic carbocycles. The third-order valence-electron chi connectivity index (χ3n) is 4.95. The van der Waals surface area contributed by atoms with Crippen LogP contribution in [0.1, 0.15) is 5.56 Å². The van der Waals surface area contributed by atoms with Gasteiger partial charge in [-0.1, -0.05) is 12.1 Å². The van der Waals surface area contributed by atoms with E-state index in [0.717, 1.165) is 10.1 Å². The molecular formula is C20H20N8O7. The molecule has 4 rings (SSSR count). The van der Waals surface area contributed by atoms with Crippen LogP contribution in [0, 0.1) is 6.92 Å². The van der Waals surface area contributed by atoms with Crippen molar-refractivity contribution in [2.45, 2.75) is 19.6 Å². The molecule has 0 bridgehead atoms. The first-order valence-electron chi connectivity index (χ1n) is 10.2. The Labute approximate surface area is 194 Å². The highest BCUT2D eigenvalue weighted by atomic mass is 16.5. The normalized spacial score (nSPS) is 12.4. The summed E-state index contributed by atoms with van der Waals surface area (Å²) in [6.45, 7) is 1.50. The number of fused-ring (bicyclic) bond motifs is 1. The van der Waals surface area contributed by atoms with Gasteiger partial charge in [0.25, 0.3) is 17.1 Å². The minimum atomic E-state index is -1.15. The second kappa shape index (κ2) is 9.22. The minimum absolute atomic E-state index is 0.0564. The molecule has 0 radical (unpaired) electrons. The van der Waals surface area contributed by atoms with Crippen LogP contribution in [0.5, 0.6) is 11.6 Å². The fourth-order valence-corrected chi connectivity index (χ4v) is 3.29. The number of hydrogen-bond donors (Lipinski definition) is 5. The van der Waals surface area contributed by atoms with Crippen molar-refractivity contribution in [3.8, 4) is 11.6 Å². The first-order chi connectivity index (χ1) is 16.6. The minimum Gasteiger partial charge on any atom is -0.493 e. The summed E-state index contributed by atoms with van der Waals surface area (Å²) in [6, 6.07) is 7.20. The number of hydrogen-bond acceptors (Lipinski definition) is 10. The Hall–Kier alpha value is -4.79. The van der Waals surface area contributed by atoms with E-state index < -0.39 is 40.2 Å². The summed E-state index contributed by atoms with van der Waals surface area (Å²) >= 11 is 0. The Kier molecular flexibility index (Phi) is 6.16. The Morgan fingerprint density at radius 1 is 1.11 bits per heavy atom. The number of imidazole rings is 1. The smallest absolute Gasteiger partial charge is 0.329 e. The van der Waals surface area contributed by atoms with Gasteiger partial charge in [-0.15, -0.1) is 10.2 Å². The van der Waals surface area contributed by atoms with Crippen molar-refractivity contribution in [3.63, 3.8) is 0 Å². The quantitative estimate of drug-likeness (QED) is 0.218. The van der Waals surface area contributed by atoms with Gasteiger partial charge in [0, 0.05) is 7.05 Å². The molecule has 0 saturated carbocycles. The maximum atomic E-state index is 12.6. The summed E-state index contributed by atoms with van der Waals surface area (Å²) in [7, 11) is 1.37. The zero-order valence-corrected chi connectivity index (χ0v) is 18.5. The van der Waals surface area contributed by atoms with Gasteiger partial charge in [-0.3, -0.25) is 33.7 Å². The van der Waals surface area contributed by atoms with Gasteiger partial charge in [-0.25, -0.2) is 9.59 Å². The summed E-state index contributed by atoms with van der Waals surface area (Å²) in [6.07, 6.45) is -1.15. The van der Waals surface area contributed by atoms with Gasteiger partial charge in [0.2, 0.25) is 11.6 Å². The second-order valence-electron chi connectivity index (χ2n) is 7.60. The number of azo groups is 1. The SMILES string of the molecule is Cc1cccc(OC[C@H](O)Cn2c(N=Nc3c(O)[nH]c(=O)[nH]c3=O)nc3c2c(=O)[nH]c(=O)n3C)c1. The van der Waals surface area contributed by atoms with Crippen molar-refractivity contribution in [1.82, 2.24) is 29.1 Å². The Balaban J connectivity index is 1.73. The largest absolute Gasteiger partial charge is 0.493 e. The van der Waals surface area contributed by atoms with Crippen LogP contribution in [0.4, 0.5) is 11.6 Å². The number of aryl methyl sites for hydroxylation is 2. The van der Waals surface area contributed by atoms with Crippen LogP contribution in [0.25, 0.3) is 11.2 Å². The third kappa shape index (κ3) is 4.79. The number of aliphatic hydroxyl groups is 1. The molecule has 1 atom stereocenters. The lowest BCUT2D eigenvalue weighted by Gasteiger charge is -2.14. The maximum absolute atomic E-state index is 12.6. The van der Waals surface area contributed by atoms with Crippen molar-refractivity contribution < 1.29 is 14.9 Å². The highest BCUT2D eigenvalue weighted by molar-refractivity contribution is 5.73. The molecule has 1 aromatic carbocycles. The Morgan fingerprint density at radius 3 is 2.60 bits per heavy atom. The van der Waals surface area contributed by atoms with Gasteiger partial charge in [0.1, 0.15) is 18.5 Å². The lowest BCUT2D eigenvalue weighted by Crippen LogP contribution is -2.30. The van der Waals surface area contributed by atoms with E-state index in [9.17, 15) is 29.4 Å². The summed E-state index contributed by atoms with van der Waals surface area (Å²) in [5, 5.41) is 27.9. The number of aromatic hydroxyl groups is 1. The van der Waals surface area contributed by atoms with Crippen molar-refractivity contribution in [1.29, 1.82) is 0 Å². The van der Waals surface area contributed by atoms with Crippen LogP contribution in [0.3, 0.4) is 0 Å². The fourth-order valence-electron chi connectivity index (χ4n) is 3.29. The van der Waals surface area contributed by atoms with Gasteiger partial charge in [0.15, 0.2) is 11.2 Å². The van der Waals surface area contributed by atoms with Crippen LogP contribution in [-0.2, 0) is 13.6 Å². The Morgan fingerprint density at radius 2 is 1.89 bits per heavy atom. The van der Waals surface area contributed by atoms with E-state index >= 15 is 0 Å². The first-order valence-corrected chi connectivity index (χ1v) is 10.2. The third-order valence-corrected chi connectivity index (χ3v) is 4.95. The molecule has 0 spiro atoms. The zero-order chi connectivity index (χ0) is 25.3. The van der Waals surface area contributed by atoms with E-state index in [-0.39, 0.29) is 30.3 Å². The molecule has 182 valence electrons. The van der Waals surface area contributed by atoms with E-state index in [2.05, 4.69) is 20.2 Å². The van der Waals surface area contributed by atoms with Gasteiger partial charge in [-0.2, -0.15) is 4.98 Å². The molecule has 3 aromatic heterocycles. The molecule has 35 heavy (non-hydrogen) atoms. The molecule has 5 N–H and O–H groups in total. The van der Waals surface area contributed by atoms with Gasteiger partial charge in [0.05, 0.1) is 6.54 Å². The number of rotatable bonds is 7. The second-order valence-corrected chi connectivity index (χ2v) is 7.60. The van der Waals surface area contributed by atoms with E-state index in [0.29, 0.717) is 5.75 Å². The molecule has 3 heterocycles. The molecule has 4 aromatic rings. The number of nitrogens with one attached hydrogen (secondary N) is 3. The summed E-state index contributed by atoms with van der Waals surface area (Å²) < 4.78 is 7.86. The van der Waals surface area contributed by atoms with E-state index in [1.165, 1.54) is 11.6 Å². The van der Waals surface area contributed by atoms with Gasteiger partial charge < -0.3 is 14.9 Å². The average molecular weight is 484 g/mol. The van der Waals surface area contributed by atoms with Crippen molar-refractivity contribution >= 4 is 22.8 Å². The predicted molar refractivity (Wildman–Crippen MR) is 122 cm³/mol. The highest BCUT2D eigenvalue weighted by Gasteiger charge is 2.20. The monoisotopic (exact) mass is 484 g/mol. The summed E-state index contributed by atoms with van der Waals surface area (Å²) in [5.41, 5.74) is -3.27. The molecule has 0 amide bonds. The van der Waals surface area contributed by atoms with E-state index in [1.54, 1.807) is 18.2 Å². The van der Waals surface area contributed by atoms with Crippen LogP contribution in [-0.4, -0.2) is 52.0 Å². The van der Waals surface area contributed by atoms with Gasteiger partial charge in [-0.05, 0) is 24.6 Å². The lowest BCUT2D eigenvalue weighted by atomic mass is 10.2. The number of nitrogens with zero attached hydrogens (tertiary/aromatic N) is 5. The predicted octanol–water partition coefficient (Wildman–Crippen LogP) is -0.331. The lowest BCUT2D eigenvalue weighted by molar-refractivity contribution is 0.0937. The van der Waals surface area contributed by atoms with Crippen LogP contribution in [0.2, 0.25) is 0 Å². The van der Waals surface area contributed by atoms with Crippen LogP contribution < -0.4 is 27.2 Å². The number of benzene rings is 1. The van der Waals surface area contributed by atoms with E-state index in [4.69, 9.17) is 4.74 Å². The van der Waals surface area contributed by atoms with Crippen LogP contribution in [0.15, 0.2) is 53.7 Å². The van der Waals surface area contributed by atoms with Crippen molar-refractivity contribution in [3.05, 3.63) is 71.5 Å². The van der Waals surface area contributed by atoms with E-state index in [1.807, 2.05) is 23.0 Å². The molecule has 15 nitrogen and oxygen atoms in total. The van der Waals surface area contributed by atoms with Crippen molar-refractivity contribution in [2.24, 2.45) is 17.3 Å². The summed E-state index contributed by atoms with van der Waals surface area (Å²) in [5.74, 6) is -0.555. The standard InChI is InChI=1S/C20H20N8O7/c1-9-4-3-5-11(6-9)35-8-10(29)7-28-13-14(27(2)20(34)24-17(13)32)21-18(28)26-25-12-15(30)22-19(33)23-16(12)31/h3-6,10,29H,7-8H2,1-2H3,(H,24,32,34)(H3,22,23,30,31,33)/t10-/m1/s1. The van der Waals surface area contributed by atoms with Gasteiger partial charge >= 0.3 is 11.4 Å². The zero-order valence-electron chi connectivity index (χ0n) is 18.5. The molecular weight excluding hydrogens is 464 g/mol. The molecule has 0 aliphatic rings. The number of aromatic amines is 3. The first kappa shape index (κ1) is 23.4. The fraction of sp³-hybridized carbons (Fsp3) is 0.250. The highest BCUT2D eigenvalue weighted by Crippen LogP contribution is 2.23. The molecule has 0 fully saturated rings. The molecule has 15 heteroatoms. The molecule has 0 unspecified atom stereocenters. The maximum Gasteiger partial charge on any atom is 0.329 e. The van der Waals surface area contributed by atoms with Crippen molar-refractivity contribution in [2.75, 3.05) is 6.61 Å². The number of ether oxygens (including phenoxy) is 1. The number of H-pyrrole nitrogens is 3. The Bertz CT molecular complexity index is 1670. The summed E-state index contributed by atoms with van der Waals surface area (Å²) in [4.78, 5) is 57.9. The number of aliphatic hydroxyl groups excluding tert-OH is 1.